The topological polar surface area (TPSA) is 37.0 Å². The standard InChI is InChI=1S/C14H21F2N3/c1-3-9-6-4-5-7-12(9)18-14-11(16)8-10(15)13(17-2)19-14/h8-9,12H,3-7H2,1-2H3,(H2,17,18,19). The Morgan fingerprint density at radius 2 is 1.89 bits per heavy atom. The van der Waals surface area contributed by atoms with Crippen LogP contribution in [0.2, 0.25) is 0 Å². The average molecular weight is 269 g/mol. The summed E-state index contributed by atoms with van der Waals surface area (Å²) >= 11 is 0. The lowest BCUT2D eigenvalue weighted by Gasteiger charge is -2.32. The summed E-state index contributed by atoms with van der Waals surface area (Å²) in [5, 5.41) is 5.79. The van der Waals surface area contributed by atoms with Gasteiger partial charge in [-0.05, 0) is 18.8 Å². The molecule has 0 saturated heterocycles. The van der Waals surface area contributed by atoms with Crippen LogP contribution in [0.3, 0.4) is 0 Å². The number of aromatic nitrogens is 1. The molecule has 2 unspecified atom stereocenters. The first kappa shape index (κ1) is 14.0. The molecule has 0 aromatic carbocycles. The molecular weight excluding hydrogens is 248 g/mol. The zero-order valence-electron chi connectivity index (χ0n) is 11.5. The highest BCUT2D eigenvalue weighted by molar-refractivity contribution is 5.47. The normalized spacial score (nSPS) is 23.2. The molecule has 2 rings (SSSR count). The number of halogens is 2. The van der Waals surface area contributed by atoms with Crippen molar-refractivity contribution in [3.63, 3.8) is 0 Å². The van der Waals surface area contributed by atoms with Gasteiger partial charge in [-0.15, -0.1) is 0 Å². The van der Waals surface area contributed by atoms with E-state index in [0.29, 0.717) is 5.92 Å². The lowest BCUT2D eigenvalue weighted by molar-refractivity contribution is 0.316. The second-order valence-corrected chi connectivity index (χ2v) is 5.10. The molecule has 1 fully saturated rings. The minimum absolute atomic E-state index is 0.0766. The van der Waals surface area contributed by atoms with E-state index in [2.05, 4.69) is 22.5 Å². The van der Waals surface area contributed by atoms with Gasteiger partial charge in [-0.2, -0.15) is 0 Å². The van der Waals surface area contributed by atoms with Gasteiger partial charge in [0.25, 0.3) is 0 Å². The molecule has 2 N–H and O–H groups in total. The number of rotatable bonds is 4. The van der Waals surface area contributed by atoms with E-state index in [1.807, 2.05) is 0 Å². The van der Waals surface area contributed by atoms with Crippen LogP contribution < -0.4 is 10.6 Å². The summed E-state index contributed by atoms with van der Waals surface area (Å²) < 4.78 is 27.1. The van der Waals surface area contributed by atoms with E-state index in [0.717, 1.165) is 31.7 Å². The van der Waals surface area contributed by atoms with Crippen molar-refractivity contribution < 1.29 is 8.78 Å². The van der Waals surface area contributed by atoms with Gasteiger partial charge < -0.3 is 10.6 Å². The van der Waals surface area contributed by atoms with Crippen molar-refractivity contribution in [2.75, 3.05) is 17.7 Å². The van der Waals surface area contributed by atoms with Gasteiger partial charge in [-0.25, -0.2) is 13.8 Å². The Labute approximate surface area is 112 Å². The molecule has 5 heteroatoms. The first-order chi connectivity index (χ1) is 9.15. The molecule has 1 aliphatic rings. The fraction of sp³-hybridized carbons (Fsp3) is 0.643. The average Bonchev–Trinajstić information content (AvgIpc) is 2.42. The van der Waals surface area contributed by atoms with E-state index < -0.39 is 11.6 Å². The Hall–Kier alpha value is -1.39. The molecule has 0 spiro atoms. The van der Waals surface area contributed by atoms with Crippen LogP contribution in [-0.4, -0.2) is 18.1 Å². The van der Waals surface area contributed by atoms with Crippen molar-refractivity contribution in [1.82, 2.24) is 4.98 Å². The number of pyridine rings is 1. The SMILES string of the molecule is CCC1CCCCC1Nc1nc(NC)c(F)cc1F. The monoisotopic (exact) mass is 269 g/mol. The fourth-order valence-corrected chi connectivity index (χ4v) is 2.81. The summed E-state index contributed by atoms with van der Waals surface area (Å²) in [6.07, 6.45) is 5.63. The van der Waals surface area contributed by atoms with Crippen LogP contribution in [0, 0.1) is 17.6 Å². The van der Waals surface area contributed by atoms with Gasteiger partial charge in [0.2, 0.25) is 0 Å². The Morgan fingerprint density at radius 1 is 1.21 bits per heavy atom. The van der Waals surface area contributed by atoms with E-state index in [-0.39, 0.29) is 17.7 Å². The Kier molecular flexibility index (Phi) is 4.56. The van der Waals surface area contributed by atoms with Gasteiger partial charge in [0.15, 0.2) is 23.3 Å². The molecule has 1 aromatic rings. The molecule has 1 heterocycles. The second-order valence-electron chi connectivity index (χ2n) is 5.10. The zero-order valence-corrected chi connectivity index (χ0v) is 11.5. The Morgan fingerprint density at radius 3 is 2.58 bits per heavy atom. The molecule has 0 radical (unpaired) electrons. The maximum atomic E-state index is 13.8. The van der Waals surface area contributed by atoms with Crippen LogP contribution >= 0.6 is 0 Å². The summed E-state index contributed by atoms with van der Waals surface area (Å²) in [5.74, 6) is -0.528. The molecule has 0 bridgehead atoms. The highest BCUT2D eigenvalue weighted by Crippen LogP contribution is 2.30. The minimum Gasteiger partial charge on any atom is -0.371 e. The summed E-state index contributed by atoms with van der Waals surface area (Å²) in [5.41, 5.74) is 0. The third-order valence-corrected chi connectivity index (χ3v) is 3.92. The third-order valence-electron chi connectivity index (χ3n) is 3.92. The van der Waals surface area contributed by atoms with Crippen molar-refractivity contribution in [3.05, 3.63) is 17.7 Å². The second kappa shape index (κ2) is 6.17. The fourth-order valence-electron chi connectivity index (χ4n) is 2.81. The number of hydrogen-bond donors (Lipinski definition) is 2. The smallest absolute Gasteiger partial charge is 0.168 e. The number of nitrogens with one attached hydrogen (secondary N) is 2. The molecule has 0 amide bonds. The Bertz CT molecular complexity index is 437. The van der Waals surface area contributed by atoms with Crippen LogP contribution in [0.15, 0.2) is 6.07 Å². The molecule has 2 atom stereocenters. The van der Waals surface area contributed by atoms with E-state index in [1.54, 1.807) is 7.05 Å². The van der Waals surface area contributed by atoms with Crippen LogP contribution in [-0.2, 0) is 0 Å². The summed E-state index contributed by atoms with van der Waals surface area (Å²) in [7, 11) is 1.57. The van der Waals surface area contributed by atoms with Gasteiger partial charge in [0.05, 0.1) is 0 Å². The molecule has 1 saturated carbocycles. The van der Waals surface area contributed by atoms with Crippen LogP contribution in [0.25, 0.3) is 0 Å². The third kappa shape index (κ3) is 3.14. The molecule has 19 heavy (non-hydrogen) atoms. The number of nitrogens with zero attached hydrogens (tertiary/aromatic N) is 1. The first-order valence-electron chi connectivity index (χ1n) is 6.96. The van der Waals surface area contributed by atoms with E-state index in [4.69, 9.17) is 0 Å². The van der Waals surface area contributed by atoms with Gasteiger partial charge in [0, 0.05) is 19.2 Å². The first-order valence-corrected chi connectivity index (χ1v) is 6.96. The van der Waals surface area contributed by atoms with Crippen molar-refractivity contribution in [3.8, 4) is 0 Å². The van der Waals surface area contributed by atoms with Crippen LogP contribution in [0.1, 0.15) is 39.0 Å². The highest BCUT2D eigenvalue weighted by Gasteiger charge is 2.25. The van der Waals surface area contributed by atoms with Crippen molar-refractivity contribution in [2.45, 2.75) is 45.1 Å². The predicted molar refractivity (Wildman–Crippen MR) is 73.4 cm³/mol. The Balaban J connectivity index is 2.17. The van der Waals surface area contributed by atoms with Crippen LogP contribution in [0.4, 0.5) is 20.4 Å². The van der Waals surface area contributed by atoms with Gasteiger partial charge in [-0.1, -0.05) is 26.2 Å². The minimum atomic E-state index is -0.666. The highest BCUT2D eigenvalue weighted by atomic mass is 19.1. The molecule has 1 aliphatic carbocycles. The summed E-state index contributed by atoms with van der Waals surface area (Å²) in [6.45, 7) is 2.15. The van der Waals surface area contributed by atoms with Gasteiger partial charge in [-0.3, -0.25) is 0 Å². The van der Waals surface area contributed by atoms with Gasteiger partial charge in [0.1, 0.15) is 0 Å². The quantitative estimate of drug-likeness (QED) is 0.873. The van der Waals surface area contributed by atoms with E-state index in [9.17, 15) is 8.78 Å². The van der Waals surface area contributed by atoms with Crippen molar-refractivity contribution >= 4 is 11.6 Å². The maximum Gasteiger partial charge on any atom is 0.168 e. The molecular formula is C14H21F2N3. The maximum absolute atomic E-state index is 13.8. The van der Waals surface area contributed by atoms with Gasteiger partial charge >= 0.3 is 0 Å². The van der Waals surface area contributed by atoms with Crippen molar-refractivity contribution in [2.24, 2.45) is 5.92 Å². The van der Waals surface area contributed by atoms with E-state index >= 15 is 0 Å². The summed E-state index contributed by atoms with van der Waals surface area (Å²) in [6, 6.07) is 1.11. The number of hydrogen-bond acceptors (Lipinski definition) is 3. The lowest BCUT2D eigenvalue weighted by atomic mass is 9.83. The van der Waals surface area contributed by atoms with E-state index in [1.165, 1.54) is 6.42 Å². The summed E-state index contributed by atoms with van der Waals surface area (Å²) in [4.78, 5) is 3.98. The van der Waals surface area contributed by atoms with Crippen LogP contribution in [0.5, 0.6) is 0 Å². The molecule has 3 nitrogen and oxygen atoms in total. The predicted octanol–water partition coefficient (Wildman–Crippen LogP) is 3.78. The lowest BCUT2D eigenvalue weighted by Crippen LogP contribution is -2.32. The molecule has 106 valence electrons. The zero-order chi connectivity index (χ0) is 13.8. The molecule has 1 aromatic heterocycles. The molecule has 0 aliphatic heterocycles. The largest absolute Gasteiger partial charge is 0.371 e. The number of anilines is 2. The van der Waals surface area contributed by atoms with Crippen molar-refractivity contribution in [1.29, 1.82) is 0 Å².